The van der Waals surface area contributed by atoms with Crippen LogP contribution < -0.4 is 11.0 Å². The third-order valence-corrected chi connectivity index (χ3v) is 4.29. The van der Waals surface area contributed by atoms with Crippen LogP contribution in [0.4, 0.5) is 5.13 Å². The SMILES string of the molecule is O=c1[nH]nc(CCCNc2nnc(Cc3ccc(Cl)cc3)s2)[nH]1. The summed E-state index contributed by atoms with van der Waals surface area (Å²) in [6.45, 7) is 0.741. The van der Waals surface area contributed by atoms with Gasteiger partial charge in [-0.05, 0) is 24.1 Å². The monoisotopic (exact) mass is 350 g/mol. The van der Waals surface area contributed by atoms with E-state index < -0.39 is 0 Å². The summed E-state index contributed by atoms with van der Waals surface area (Å²) in [5.41, 5.74) is 0.878. The standard InChI is InChI=1S/C14H15ClN6OS/c15-10-5-3-9(4-6-10)8-12-19-21-14(23-12)16-7-1-2-11-17-13(22)20-18-11/h3-6H,1-2,7-8H2,(H,16,21)(H2,17,18,20,22). The van der Waals surface area contributed by atoms with E-state index in [2.05, 4.69) is 30.7 Å². The molecule has 7 nitrogen and oxygen atoms in total. The maximum atomic E-state index is 10.9. The summed E-state index contributed by atoms with van der Waals surface area (Å²) in [5, 5.41) is 20.2. The molecule has 3 aromatic rings. The van der Waals surface area contributed by atoms with Crippen LogP contribution in [0.5, 0.6) is 0 Å². The predicted octanol–water partition coefficient (Wildman–Crippen LogP) is 2.24. The van der Waals surface area contributed by atoms with E-state index in [1.54, 1.807) is 0 Å². The van der Waals surface area contributed by atoms with Crippen LogP contribution in [0.2, 0.25) is 5.02 Å². The molecule has 2 aromatic heterocycles. The van der Waals surface area contributed by atoms with Crippen LogP contribution in [0.1, 0.15) is 22.8 Å². The van der Waals surface area contributed by atoms with Gasteiger partial charge in [0.15, 0.2) is 0 Å². The number of aryl methyl sites for hydroxylation is 1. The van der Waals surface area contributed by atoms with E-state index in [1.807, 2.05) is 24.3 Å². The molecule has 0 amide bonds. The van der Waals surface area contributed by atoms with Crippen LogP contribution >= 0.6 is 22.9 Å². The zero-order valence-electron chi connectivity index (χ0n) is 12.2. The number of rotatable bonds is 7. The van der Waals surface area contributed by atoms with Crippen LogP contribution in [0.25, 0.3) is 0 Å². The molecule has 0 saturated carbocycles. The zero-order chi connectivity index (χ0) is 16.1. The second-order valence-corrected chi connectivity index (χ2v) is 6.46. The molecule has 0 atom stereocenters. The lowest BCUT2D eigenvalue weighted by molar-refractivity contribution is 0.803. The number of hydrogen-bond donors (Lipinski definition) is 3. The van der Waals surface area contributed by atoms with Crippen LogP contribution in [0, 0.1) is 0 Å². The molecule has 9 heteroatoms. The van der Waals surface area contributed by atoms with Crippen LogP contribution in [0.3, 0.4) is 0 Å². The molecular weight excluding hydrogens is 336 g/mol. The van der Waals surface area contributed by atoms with Crippen LogP contribution in [-0.4, -0.2) is 31.9 Å². The van der Waals surface area contributed by atoms with Crippen molar-refractivity contribution in [3.63, 3.8) is 0 Å². The van der Waals surface area contributed by atoms with Crippen molar-refractivity contribution in [1.82, 2.24) is 25.4 Å². The minimum Gasteiger partial charge on any atom is -0.360 e. The van der Waals surface area contributed by atoms with Gasteiger partial charge < -0.3 is 5.32 Å². The van der Waals surface area contributed by atoms with Crippen molar-refractivity contribution in [2.24, 2.45) is 0 Å². The molecule has 0 radical (unpaired) electrons. The summed E-state index contributed by atoms with van der Waals surface area (Å²) in [4.78, 5) is 13.5. The lowest BCUT2D eigenvalue weighted by Gasteiger charge is -1.99. The first-order valence-corrected chi connectivity index (χ1v) is 8.33. The second-order valence-electron chi connectivity index (χ2n) is 4.96. The lowest BCUT2D eigenvalue weighted by atomic mass is 10.2. The smallest absolute Gasteiger partial charge is 0.340 e. The number of aromatic amines is 2. The minimum absolute atomic E-state index is 0.274. The van der Waals surface area contributed by atoms with Gasteiger partial charge in [0.05, 0.1) is 0 Å². The van der Waals surface area contributed by atoms with Crippen molar-refractivity contribution in [3.05, 3.63) is 56.2 Å². The van der Waals surface area contributed by atoms with Crippen molar-refractivity contribution >= 4 is 28.1 Å². The predicted molar refractivity (Wildman–Crippen MR) is 90.2 cm³/mol. The number of anilines is 1. The second kappa shape index (κ2) is 7.38. The van der Waals surface area contributed by atoms with E-state index in [1.165, 1.54) is 11.3 Å². The fourth-order valence-electron chi connectivity index (χ4n) is 2.05. The molecular formula is C14H15ClN6OS. The van der Waals surface area contributed by atoms with Crippen LogP contribution in [0.15, 0.2) is 29.1 Å². The molecule has 0 fully saturated rings. The summed E-state index contributed by atoms with van der Waals surface area (Å²) < 4.78 is 0. The Balaban J connectivity index is 1.45. The van der Waals surface area contributed by atoms with E-state index in [0.29, 0.717) is 12.2 Å². The average Bonchev–Trinajstić information content (AvgIpc) is 3.15. The van der Waals surface area contributed by atoms with E-state index in [4.69, 9.17) is 11.6 Å². The van der Waals surface area contributed by atoms with Gasteiger partial charge in [-0.25, -0.2) is 9.89 Å². The molecule has 1 aromatic carbocycles. The number of aromatic nitrogens is 5. The van der Waals surface area contributed by atoms with E-state index in [9.17, 15) is 4.79 Å². The van der Waals surface area contributed by atoms with Gasteiger partial charge >= 0.3 is 5.69 Å². The number of benzene rings is 1. The highest BCUT2D eigenvalue weighted by atomic mass is 35.5. The lowest BCUT2D eigenvalue weighted by Crippen LogP contribution is -2.04. The van der Waals surface area contributed by atoms with Gasteiger partial charge in [-0.2, -0.15) is 5.10 Å². The van der Waals surface area contributed by atoms with E-state index in [0.717, 1.165) is 40.1 Å². The van der Waals surface area contributed by atoms with Crippen molar-refractivity contribution in [1.29, 1.82) is 0 Å². The first-order chi connectivity index (χ1) is 11.2. The average molecular weight is 351 g/mol. The topological polar surface area (TPSA) is 99.3 Å². The highest BCUT2D eigenvalue weighted by Crippen LogP contribution is 2.19. The largest absolute Gasteiger partial charge is 0.360 e. The fraction of sp³-hybridized carbons (Fsp3) is 0.286. The maximum absolute atomic E-state index is 10.9. The molecule has 0 aliphatic rings. The Morgan fingerprint density at radius 1 is 1.22 bits per heavy atom. The Hall–Kier alpha value is -2.19. The molecule has 2 heterocycles. The number of nitrogens with one attached hydrogen (secondary N) is 3. The van der Waals surface area contributed by atoms with Crippen LogP contribution in [-0.2, 0) is 12.8 Å². The number of H-pyrrole nitrogens is 2. The van der Waals surface area contributed by atoms with Gasteiger partial charge in [0.1, 0.15) is 10.8 Å². The summed E-state index contributed by atoms with van der Waals surface area (Å²) in [6.07, 6.45) is 2.28. The quantitative estimate of drug-likeness (QED) is 0.567. The van der Waals surface area contributed by atoms with Gasteiger partial charge in [0.2, 0.25) is 5.13 Å². The Bertz CT molecular complexity index is 809. The molecule has 0 unspecified atom stereocenters. The minimum atomic E-state index is -0.274. The van der Waals surface area contributed by atoms with Crippen molar-refractivity contribution in [3.8, 4) is 0 Å². The molecule has 23 heavy (non-hydrogen) atoms. The van der Waals surface area contributed by atoms with E-state index >= 15 is 0 Å². The van der Waals surface area contributed by atoms with Gasteiger partial charge in [-0.1, -0.05) is 35.1 Å². The Kier molecular flexibility index (Phi) is 5.04. The summed E-state index contributed by atoms with van der Waals surface area (Å²) in [5.74, 6) is 0.664. The summed E-state index contributed by atoms with van der Waals surface area (Å²) >= 11 is 7.41. The van der Waals surface area contributed by atoms with E-state index in [-0.39, 0.29) is 5.69 Å². The molecule has 3 rings (SSSR count). The summed E-state index contributed by atoms with van der Waals surface area (Å²) in [7, 11) is 0. The molecule has 0 spiro atoms. The fourth-order valence-corrected chi connectivity index (χ4v) is 2.97. The van der Waals surface area contributed by atoms with Gasteiger partial charge in [-0.15, -0.1) is 10.2 Å². The molecule has 120 valence electrons. The highest BCUT2D eigenvalue weighted by molar-refractivity contribution is 7.15. The van der Waals surface area contributed by atoms with Crippen molar-refractivity contribution in [2.75, 3.05) is 11.9 Å². The summed E-state index contributed by atoms with van der Waals surface area (Å²) in [6, 6.07) is 7.72. The number of halogens is 1. The third-order valence-electron chi connectivity index (χ3n) is 3.15. The van der Waals surface area contributed by atoms with Gasteiger partial charge in [0.25, 0.3) is 0 Å². The Morgan fingerprint density at radius 2 is 2.04 bits per heavy atom. The Morgan fingerprint density at radius 3 is 2.78 bits per heavy atom. The first-order valence-electron chi connectivity index (χ1n) is 7.13. The van der Waals surface area contributed by atoms with Crippen molar-refractivity contribution < 1.29 is 0 Å². The maximum Gasteiger partial charge on any atom is 0.340 e. The third kappa shape index (κ3) is 4.64. The molecule has 0 aliphatic heterocycles. The molecule has 0 bridgehead atoms. The molecule has 0 aliphatic carbocycles. The Labute approximate surface area is 141 Å². The van der Waals surface area contributed by atoms with Gasteiger partial charge in [0, 0.05) is 24.4 Å². The van der Waals surface area contributed by atoms with Crippen molar-refractivity contribution in [2.45, 2.75) is 19.3 Å². The number of hydrogen-bond acceptors (Lipinski definition) is 6. The zero-order valence-corrected chi connectivity index (χ0v) is 13.7. The normalized spacial score (nSPS) is 10.8. The number of nitrogens with zero attached hydrogens (tertiary/aromatic N) is 3. The molecule has 0 saturated heterocycles. The highest BCUT2D eigenvalue weighted by Gasteiger charge is 2.05. The van der Waals surface area contributed by atoms with Gasteiger partial charge in [-0.3, -0.25) is 4.98 Å². The molecule has 3 N–H and O–H groups in total. The first kappa shape index (κ1) is 15.7.